The molecule has 0 aromatic carbocycles. The Morgan fingerprint density at radius 2 is 1.87 bits per heavy atom. The predicted octanol–water partition coefficient (Wildman–Crippen LogP) is 0.359. The first-order valence-corrected chi connectivity index (χ1v) is 5.50. The third kappa shape index (κ3) is 7.59. The Labute approximate surface area is 98.0 Å². The van der Waals surface area contributed by atoms with Crippen molar-refractivity contribution in [3.8, 4) is 0 Å². The molecule has 1 rings (SSSR count). The summed E-state index contributed by atoms with van der Waals surface area (Å²) in [6, 6.07) is 0. The van der Waals surface area contributed by atoms with Gasteiger partial charge < -0.3 is 16.0 Å². The summed E-state index contributed by atoms with van der Waals surface area (Å²) < 4.78 is 0. The van der Waals surface area contributed by atoms with Gasteiger partial charge in [-0.2, -0.15) is 0 Å². The van der Waals surface area contributed by atoms with E-state index >= 15 is 0 Å². The molecule has 90 valence electrons. The van der Waals surface area contributed by atoms with Crippen molar-refractivity contribution < 1.29 is 4.79 Å². The Hall–Kier alpha value is -0.320. The number of hydrogen-bond donors (Lipinski definition) is 2. The van der Waals surface area contributed by atoms with Crippen molar-refractivity contribution in [3.63, 3.8) is 0 Å². The molecule has 0 atom stereocenters. The fraction of sp³-hybridized carbons (Fsp3) is 0.900. The zero-order valence-electron chi connectivity index (χ0n) is 9.21. The topological polar surface area (TPSA) is 58.4 Å². The fourth-order valence-electron chi connectivity index (χ4n) is 1.75. The first-order chi connectivity index (χ1) is 6.79. The highest BCUT2D eigenvalue weighted by atomic mass is 35.5. The maximum atomic E-state index is 10.5. The molecule has 1 aliphatic heterocycles. The second kappa shape index (κ2) is 8.95. The Kier molecular flexibility index (Phi) is 8.76. The minimum Gasteiger partial charge on any atom is -0.370 e. The van der Waals surface area contributed by atoms with Crippen LogP contribution in [0.4, 0.5) is 0 Å². The minimum atomic E-state index is -0.174. The third-order valence-corrected chi connectivity index (χ3v) is 2.61. The van der Waals surface area contributed by atoms with Crippen molar-refractivity contribution in [2.45, 2.75) is 25.7 Å². The molecule has 1 fully saturated rings. The van der Waals surface area contributed by atoms with Crippen molar-refractivity contribution >= 4 is 18.3 Å². The molecule has 1 amide bonds. The van der Waals surface area contributed by atoms with Gasteiger partial charge in [0.25, 0.3) is 0 Å². The van der Waals surface area contributed by atoms with E-state index in [1.165, 1.54) is 13.0 Å². The summed E-state index contributed by atoms with van der Waals surface area (Å²) in [6.07, 6.45) is 3.79. The highest BCUT2D eigenvalue weighted by Crippen LogP contribution is 2.02. The van der Waals surface area contributed by atoms with Crippen molar-refractivity contribution in [3.05, 3.63) is 0 Å². The van der Waals surface area contributed by atoms with Crippen LogP contribution >= 0.6 is 12.4 Å². The lowest BCUT2D eigenvalue weighted by atomic mass is 10.2. The van der Waals surface area contributed by atoms with Crippen LogP contribution in [0.15, 0.2) is 0 Å². The van der Waals surface area contributed by atoms with Gasteiger partial charge in [-0.25, -0.2) is 0 Å². The lowest BCUT2D eigenvalue weighted by molar-refractivity contribution is -0.118. The molecule has 1 heterocycles. The number of rotatable bonds is 6. The summed E-state index contributed by atoms with van der Waals surface area (Å²) in [5, 5.41) is 3.33. The average Bonchev–Trinajstić information content (AvgIpc) is 2.18. The first-order valence-electron chi connectivity index (χ1n) is 5.50. The zero-order valence-corrected chi connectivity index (χ0v) is 10.0. The number of nitrogens with zero attached hydrogens (tertiary/aromatic N) is 1. The van der Waals surface area contributed by atoms with E-state index in [4.69, 9.17) is 5.73 Å². The fourth-order valence-corrected chi connectivity index (χ4v) is 1.75. The van der Waals surface area contributed by atoms with E-state index in [1.807, 2.05) is 0 Å². The first kappa shape index (κ1) is 14.7. The molecule has 15 heavy (non-hydrogen) atoms. The maximum Gasteiger partial charge on any atom is 0.217 e. The van der Waals surface area contributed by atoms with Gasteiger partial charge >= 0.3 is 0 Å². The number of nitrogens with two attached hydrogens (primary N) is 1. The molecule has 1 aliphatic rings. The Morgan fingerprint density at radius 1 is 1.20 bits per heavy atom. The summed E-state index contributed by atoms with van der Waals surface area (Å²) in [7, 11) is 0. The summed E-state index contributed by atoms with van der Waals surface area (Å²) in [6.45, 7) is 5.72. The number of carbonyl (C=O) groups is 1. The van der Waals surface area contributed by atoms with Crippen LogP contribution in [0.2, 0.25) is 0 Å². The van der Waals surface area contributed by atoms with Crippen LogP contribution in [-0.4, -0.2) is 43.5 Å². The molecule has 0 aromatic heterocycles. The van der Waals surface area contributed by atoms with E-state index in [0.29, 0.717) is 6.42 Å². The van der Waals surface area contributed by atoms with Gasteiger partial charge in [-0.1, -0.05) is 6.42 Å². The Balaban J connectivity index is 0.00000196. The van der Waals surface area contributed by atoms with Gasteiger partial charge in [-0.15, -0.1) is 12.4 Å². The van der Waals surface area contributed by atoms with Gasteiger partial charge in [-0.05, 0) is 19.4 Å². The van der Waals surface area contributed by atoms with Crippen molar-refractivity contribution in [1.29, 1.82) is 0 Å². The van der Waals surface area contributed by atoms with E-state index in [0.717, 1.165) is 39.0 Å². The van der Waals surface area contributed by atoms with Gasteiger partial charge in [0.1, 0.15) is 0 Å². The van der Waals surface area contributed by atoms with Gasteiger partial charge in [0, 0.05) is 32.6 Å². The summed E-state index contributed by atoms with van der Waals surface area (Å²) in [4.78, 5) is 12.9. The molecule has 5 heteroatoms. The number of nitrogens with one attached hydrogen (secondary N) is 1. The number of primary amides is 1. The molecule has 0 radical (unpaired) electrons. The minimum absolute atomic E-state index is 0. The number of halogens is 1. The van der Waals surface area contributed by atoms with Gasteiger partial charge in [-0.3, -0.25) is 4.79 Å². The zero-order chi connectivity index (χ0) is 10.2. The molecule has 1 saturated heterocycles. The molecule has 0 aliphatic carbocycles. The maximum absolute atomic E-state index is 10.5. The van der Waals surface area contributed by atoms with E-state index in [1.54, 1.807) is 0 Å². The molecule has 0 spiro atoms. The molecule has 3 N–H and O–H groups in total. The monoisotopic (exact) mass is 235 g/mol. The lowest BCUT2D eigenvalue weighted by Gasteiger charge is -2.26. The number of hydrogen-bond acceptors (Lipinski definition) is 3. The molecule has 0 saturated carbocycles. The van der Waals surface area contributed by atoms with E-state index in [-0.39, 0.29) is 18.3 Å². The molecule has 0 aromatic rings. The molecule has 0 bridgehead atoms. The second-order valence-corrected chi connectivity index (χ2v) is 3.87. The van der Waals surface area contributed by atoms with Crippen LogP contribution in [-0.2, 0) is 4.79 Å². The number of amides is 1. The third-order valence-electron chi connectivity index (χ3n) is 2.61. The Bertz CT molecular complexity index is 172. The van der Waals surface area contributed by atoms with Crippen LogP contribution in [0.3, 0.4) is 0 Å². The van der Waals surface area contributed by atoms with Crippen molar-refractivity contribution in [2.24, 2.45) is 5.73 Å². The number of piperazine rings is 1. The average molecular weight is 236 g/mol. The predicted molar refractivity (Wildman–Crippen MR) is 64.2 cm³/mol. The van der Waals surface area contributed by atoms with E-state index in [2.05, 4.69) is 10.2 Å². The SMILES string of the molecule is Cl.NC(=O)CCCCCN1CCNCC1. The summed E-state index contributed by atoms with van der Waals surface area (Å²) >= 11 is 0. The normalized spacial score (nSPS) is 17.1. The second-order valence-electron chi connectivity index (χ2n) is 3.87. The molecular weight excluding hydrogens is 214 g/mol. The smallest absolute Gasteiger partial charge is 0.217 e. The molecular formula is C10H22ClN3O. The van der Waals surface area contributed by atoms with Gasteiger partial charge in [0.2, 0.25) is 5.91 Å². The van der Waals surface area contributed by atoms with Crippen LogP contribution < -0.4 is 11.1 Å². The van der Waals surface area contributed by atoms with Crippen LogP contribution in [0.1, 0.15) is 25.7 Å². The van der Waals surface area contributed by atoms with Gasteiger partial charge in [0.15, 0.2) is 0 Å². The largest absolute Gasteiger partial charge is 0.370 e. The van der Waals surface area contributed by atoms with Crippen molar-refractivity contribution in [2.75, 3.05) is 32.7 Å². The van der Waals surface area contributed by atoms with Crippen molar-refractivity contribution in [1.82, 2.24) is 10.2 Å². The van der Waals surface area contributed by atoms with Gasteiger partial charge in [0.05, 0.1) is 0 Å². The van der Waals surface area contributed by atoms with Crippen LogP contribution in [0, 0.1) is 0 Å². The highest BCUT2D eigenvalue weighted by Gasteiger charge is 2.07. The van der Waals surface area contributed by atoms with E-state index < -0.39 is 0 Å². The molecule has 4 nitrogen and oxygen atoms in total. The quantitative estimate of drug-likeness (QED) is 0.654. The highest BCUT2D eigenvalue weighted by molar-refractivity contribution is 5.85. The Morgan fingerprint density at radius 3 is 2.47 bits per heavy atom. The number of carbonyl (C=O) groups excluding carboxylic acids is 1. The summed E-state index contributed by atoms with van der Waals surface area (Å²) in [5.74, 6) is -0.174. The molecule has 0 unspecified atom stereocenters. The standard InChI is InChI=1S/C10H21N3O.ClH/c11-10(14)4-2-1-3-7-13-8-5-12-6-9-13;/h12H,1-9H2,(H2,11,14);1H. The lowest BCUT2D eigenvalue weighted by Crippen LogP contribution is -2.43. The van der Waals surface area contributed by atoms with E-state index in [9.17, 15) is 4.79 Å². The van der Waals surface area contributed by atoms with Crippen LogP contribution in [0.25, 0.3) is 0 Å². The van der Waals surface area contributed by atoms with Crippen LogP contribution in [0.5, 0.6) is 0 Å². The number of unbranched alkanes of at least 4 members (excludes halogenated alkanes) is 2. The summed E-state index contributed by atoms with van der Waals surface area (Å²) in [5.41, 5.74) is 5.06.